The first-order valence-electron chi connectivity index (χ1n) is 11.0. The summed E-state index contributed by atoms with van der Waals surface area (Å²) < 4.78 is 34.4. The molecule has 37 heavy (non-hydrogen) atoms. The van der Waals surface area contributed by atoms with Gasteiger partial charge in [0.05, 0.1) is 49.3 Å². The van der Waals surface area contributed by atoms with Crippen LogP contribution in [-0.2, 0) is 17.7 Å². The zero-order valence-electron chi connectivity index (χ0n) is 19.4. The van der Waals surface area contributed by atoms with E-state index in [1.54, 1.807) is 18.2 Å². The van der Waals surface area contributed by atoms with Gasteiger partial charge in [-0.15, -0.1) is 0 Å². The average Bonchev–Trinajstić information content (AvgIpc) is 3.32. The summed E-state index contributed by atoms with van der Waals surface area (Å²) in [6, 6.07) is 19.4. The standard InChI is InChI=1S/C25H21Cl3N4O3S2/c1-15(17-10-11-18(26)20(28)13-17)14-29-25(33)23-19(27)8-5-9-22(23)32(37(34)35)24-21(30-36-31-24)12-16-6-3-2-4-7-16/h2-11,13,15H,12,14H2,1H3,(H,29,33)(H,34,35)/p-1. The first-order chi connectivity index (χ1) is 17.8. The number of carbonyl (C=O) groups is 1. The Labute approximate surface area is 236 Å². The molecule has 0 saturated carbocycles. The maximum atomic E-state index is 13.3. The predicted octanol–water partition coefficient (Wildman–Crippen LogP) is 6.55. The minimum Gasteiger partial charge on any atom is -0.755 e. The topological polar surface area (TPSA) is 98.2 Å². The van der Waals surface area contributed by atoms with Crippen LogP contribution in [-0.4, -0.2) is 30.0 Å². The zero-order chi connectivity index (χ0) is 26.5. The van der Waals surface area contributed by atoms with Gasteiger partial charge >= 0.3 is 0 Å². The summed E-state index contributed by atoms with van der Waals surface area (Å²) in [5, 5.41) is 3.80. The molecule has 0 aliphatic carbocycles. The van der Waals surface area contributed by atoms with E-state index in [4.69, 9.17) is 34.8 Å². The molecular weight excluding hydrogens is 575 g/mol. The van der Waals surface area contributed by atoms with Gasteiger partial charge in [0.15, 0.2) is 5.82 Å². The normalized spacial score (nSPS) is 12.7. The van der Waals surface area contributed by atoms with E-state index >= 15 is 0 Å². The number of rotatable bonds is 9. The van der Waals surface area contributed by atoms with E-state index in [2.05, 4.69) is 14.1 Å². The lowest BCUT2D eigenvalue weighted by Gasteiger charge is -2.27. The van der Waals surface area contributed by atoms with E-state index in [-0.39, 0.29) is 34.6 Å². The summed E-state index contributed by atoms with van der Waals surface area (Å²) in [6.07, 6.45) is 0.365. The number of hydrogen-bond donors (Lipinski definition) is 1. The van der Waals surface area contributed by atoms with Gasteiger partial charge in [0, 0.05) is 13.0 Å². The van der Waals surface area contributed by atoms with E-state index in [0.29, 0.717) is 22.2 Å². The highest BCUT2D eigenvalue weighted by Gasteiger charge is 2.26. The van der Waals surface area contributed by atoms with Crippen LogP contribution in [0.25, 0.3) is 0 Å². The lowest BCUT2D eigenvalue weighted by molar-refractivity contribution is 0.0952. The molecular formula is C25H20Cl3N4O3S2-. The first-order valence-corrected chi connectivity index (χ1v) is 13.9. The second-order valence-corrected chi connectivity index (χ2v) is 10.7. The number of amides is 1. The molecule has 0 spiro atoms. The monoisotopic (exact) mass is 593 g/mol. The first kappa shape index (κ1) is 27.5. The van der Waals surface area contributed by atoms with Gasteiger partial charge in [-0.3, -0.25) is 13.3 Å². The molecule has 0 radical (unpaired) electrons. The Hall–Kier alpha value is -2.53. The summed E-state index contributed by atoms with van der Waals surface area (Å²) in [6.45, 7) is 2.17. The third-order valence-electron chi connectivity index (χ3n) is 5.61. The second-order valence-electron chi connectivity index (χ2n) is 8.13. The van der Waals surface area contributed by atoms with E-state index in [1.807, 2.05) is 43.3 Å². The third kappa shape index (κ3) is 6.49. The van der Waals surface area contributed by atoms with Crippen molar-refractivity contribution in [2.75, 3.05) is 10.8 Å². The third-order valence-corrected chi connectivity index (χ3v) is 7.89. The van der Waals surface area contributed by atoms with Gasteiger partial charge in [0.25, 0.3) is 5.91 Å². The number of halogens is 3. The number of nitrogens with one attached hydrogen (secondary N) is 1. The van der Waals surface area contributed by atoms with E-state index in [1.165, 1.54) is 12.1 Å². The Bertz CT molecular complexity index is 1440. The molecule has 4 aromatic rings. The van der Waals surface area contributed by atoms with Crippen LogP contribution in [0.3, 0.4) is 0 Å². The number of carbonyl (C=O) groups excluding carboxylic acids is 1. The van der Waals surface area contributed by atoms with Gasteiger partial charge in [-0.1, -0.05) is 84.2 Å². The Morgan fingerprint density at radius 1 is 1.03 bits per heavy atom. The number of hydrogen-bond acceptors (Lipinski definition) is 6. The minimum absolute atomic E-state index is 0.00775. The molecule has 0 bridgehead atoms. The smallest absolute Gasteiger partial charge is 0.254 e. The number of aromatic nitrogens is 2. The van der Waals surface area contributed by atoms with Crippen molar-refractivity contribution in [3.05, 3.63) is 104 Å². The van der Waals surface area contributed by atoms with E-state index in [9.17, 15) is 13.6 Å². The second kappa shape index (κ2) is 12.3. The van der Waals surface area contributed by atoms with Crippen molar-refractivity contribution < 1.29 is 13.6 Å². The van der Waals surface area contributed by atoms with Crippen molar-refractivity contribution >= 4 is 75.2 Å². The average molecular weight is 595 g/mol. The van der Waals surface area contributed by atoms with Crippen molar-refractivity contribution in [1.29, 1.82) is 0 Å². The molecule has 3 aromatic carbocycles. The number of nitrogens with zero attached hydrogens (tertiary/aromatic N) is 3. The molecule has 1 aromatic heterocycles. The Kier molecular flexibility index (Phi) is 9.17. The molecule has 192 valence electrons. The summed E-state index contributed by atoms with van der Waals surface area (Å²) in [4.78, 5) is 13.3. The molecule has 0 saturated heterocycles. The van der Waals surface area contributed by atoms with E-state index in [0.717, 1.165) is 27.2 Å². The molecule has 4 rings (SSSR count). The maximum absolute atomic E-state index is 13.3. The SMILES string of the molecule is CC(CNC(=O)c1c(Cl)cccc1N(c1nsnc1Cc1ccccc1)S(=O)[O-])c1ccc(Cl)c(Cl)c1. The highest BCUT2D eigenvalue weighted by atomic mass is 35.5. The van der Waals surface area contributed by atoms with Gasteiger partial charge in [0.2, 0.25) is 0 Å². The summed E-state index contributed by atoms with van der Waals surface area (Å²) in [5.41, 5.74) is 2.36. The van der Waals surface area contributed by atoms with E-state index < -0.39 is 17.2 Å². The van der Waals surface area contributed by atoms with Crippen LogP contribution in [0.1, 0.15) is 40.0 Å². The van der Waals surface area contributed by atoms with Crippen molar-refractivity contribution in [3.8, 4) is 0 Å². The molecule has 0 fully saturated rings. The van der Waals surface area contributed by atoms with Crippen LogP contribution in [0.2, 0.25) is 15.1 Å². The van der Waals surface area contributed by atoms with Crippen LogP contribution < -0.4 is 9.62 Å². The highest BCUT2D eigenvalue weighted by molar-refractivity contribution is 7.81. The van der Waals surface area contributed by atoms with Gasteiger partial charge in [-0.2, -0.15) is 8.75 Å². The molecule has 0 aliphatic rings. The van der Waals surface area contributed by atoms with Gasteiger partial charge in [0.1, 0.15) is 5.69 Å². The highest BCUT2D eigenvalue weighted by Crippen LogP contribution is 2.35. The molecule has 0 aliphatic heterocycles. The van der Waals surface area contributed by atoms with Crippen LogP contribution in [0.4, 0.5) is 11.5 Å². The summed E-state index contributed by atoms with van der Waals surface area (Å²) in [7, 11) is 0. The maximum Gasteiger partial charge on any atom is 0.254 e. The van der Waals surface area contributed by atoms with Crippen LogP contribution in [0.15, 0.2) is 66.7 Å². The Morgan fingerprint density at radius 3 is 2.49 bits per heavy atom. The van der Waals surface area contributed by atoms with Crippen LogP contribution in [0.5, 0.6) is 0 Å². The summed E-state index contributed by atoms with van der Waals surface area (Å²) in [5.74, 6) is -0.520. The largest absolute Gasteiger partial charge is 0.755 e. The fraction of sp³-hybridized carbons (Fsp3) is 0.160. The van der Waals surface area contributed by atoms with Crippen molar-refractivity contribution in [1.82, 2.24) is 14.1 Å². The quantitative estimate of drug-likeness (QED) is 0.222. The molecule has 1 heterocycles. The fourth-order valence-electron chi connectivity index (χ4n) is 3.70. The predicted molar refractivity (Wildman–Crippen MR) is 149 cm³/mol. The van der Waals surface area contributed by atoms with Crippen molar-refractivity contribution in [2.45, 2.75) is 19.3 Å². The minimum atomic E-state index is -2.81. The fourth-order valence-corrected chi connectivity index (χ4v) is 5.46. The van der Waals surface area contributed by atoms with Gasteiger partial charge in [-0.25, -0.2) is 0 Å². The lowest BCUT2D eigenvalue weighted by atomic mass is 10.0. The van der Waals surface area contributed by atoms with Gasteiger partial charge in [-0.05, 0) is 41.3 Å². The molecule has 12 heteroatoms. The van der Waals surface area contributed by atoms with Crippen molar-refractivity contribution in [3.63, 3.8) is 0 Å². The summed E-state index contributed by atoms with van der Waals surface area (Å²) >= 11 is 16.6. The van der Waals surface area contributed by atoms with Crippen LogP contribution in [0, 0.1) is 0 Å². The van der Waals surface area contributed by atoms with Gasteiger partial charge < -0.3 is 9.87 Å². The lowest BCUT2D eigenvalue weighted by Crippen LogP contribution is -2.30. The van der Waals surface area contributed by atoms with Crippen molar-refractivity contribution in [2.24, 2.45) is 0 Å². The Morgan fingerprint density at radius 2 is 1.78 bits per heavy atom. The number of anilines is 2. The zero-order valence-corrected chi connectivity index (χ0v) is 23.3. The molecule has 2 atom stereocenters. The molecule has 1 N–H and O–H groups in total. The molecule has 1 amide bonds. The molecule has 7 nitrogen and oxygen atoms in total. The Balaban J connectivity index is 1.62. The van der Waals surface area contributed by atoms with Crippen LogP contribution >= 0.6 is 46.5 Å². The molecule has 2 unspecified atom stereocenters. The number of benzene rings is 3.